The third kappa shape index (κ3) is 2.69. The molecule has 2 fully saturated rings. The quantitative estimate of drug-likeness (QED) is 0.866. The molecule has 2 N–H and O–H groups in total. The van der Waals surface area contributed by atoms with Crippen LogP contribution in [0.5, 0.6) is 5.75 Å². The Labute approximate surface area is 127 Å². The minimum absolute atomic E-state index is 0.266. The van der Waals surface area contributed by atoms with Gasteiger partial charge in [0.05, 0.1) is 6.10 Å². The number of hydrogen-bond acceptors (Lipinski definition) is 3. The molecule has 3 unspecified atom stereocenters. The highest BCUT2D eigenvalue weighted by atomic mass is 16.5. The number of nitrogens with one attached hydrogen (secondary N) is 1. The van der Waals surface area contributed by atoms with Crippen LogP contribution in [0.15, 0.2) is 24.3 Å². The minimum Gasteiger partial charge on any atom is -0.508 e. The summed E-state index contributed by atoms with van der Waals surface area (Å²) in [5.74, 6) is 0.345. The number of aromatic hydroxyl groups is 1. The fraction of sp³-hybridized carbons (Fsp3) is 0.667. The zero-order chi connectivity index (χ0) is 14.9. The normalized spacial score (nSPS) is 28.5. The molecule has 0 saturated heterocycles. The summed E-state index contributed by atoms with van der Waals surface area (Å²) < 4.78 is 5.97. The lowest BCUT2D eigenvalue weighted by molar-refractivity contribution is -0.132. The summed E-state index contributed by atoms with van der Waals surface area (Å²) in [5, 5.41) is 13.4. The molecule has 21 heavy (non-hydrogen) atoms. The second-order valence-corrected chi connectivity index (χ2v) is 6.66. The van der Waals surface area contributed by atoms with Crippen LogP contribution in [0, 0.1) is 5.41 Å². The van der Waals surface area contributed by atoms with E-state index >= 15 is 0 Å². The average Bonchev–Trinajstić information content (AvgIpc) is 2.98. The van der Waals surface area contributed by atoms with Crippen LogP contribution in [-0.4, -0.2) is 23.9 Å². The maximum atomic E-state index is 9.64. The second-order valence-electron chi connectivity index (χ2n) is 6.66. The van der Waals surface area contributed by atoms with Gasteiger partial charge in [-0.15, -0.1) is 0 Å². The molecular formula is C18H27NO2. The van der Waals surface area contributed by atoms with Gasteiger partial charge in [-0.2, -0.15) is 0 Å². The third-order valence-corrected chi connectivity index (χ3v) is 5.51. The van der Waals surface area contributed by atoms with Crippen molar-refractivity contribution in [3.05, 3.63) is 29.8 Å². The molecule has 3 nitrogen and oxygen atoms in total. The standard InChI is InChI=1S/C18H27NO2/c1-3-21-17-12-16(18(17)9-4-5-10-18)19-13(2)14-7-6-8-15(20)11-14/h6-8,11,13,16-17,19-20H,3-5,9-10,12H2,1-2H3. The number of rotatable bonds is 5. The van der Waals surface area contributed by atoms with Gasteiger partial charge in [0.15, 0.2) is 0 Å². The van der Waals surface area contributed by atoms with Gasteiger partial charge < -0.3 is 15.2 Å². The maximum absolute atomic E-state index is 9.64. The van der Waals surface area contributed by atoms with Gasteiger partial charge in [-0.25, -0.2) is 0 Å². The average molecular weight is 289 g/mol. The highest BCUT2D eigenvalue weighted by molar-refractivity contribution is 5.29. The number of phenolic OH excluding ortho intramolecular Hbond substituents is 1. The van der Waals surface area contributed by atoms with Crippen LogP contribution >= 0.6 is 0 Å². The predicted molar refractivity (Wildman–Crippen MR) is 84.4 cm³/mol. The van der Waals surface area contributed by atoms with Crippen LogP contribution in [0.2, 0.25) is 0 Å². The molecule has 2 saturated carbocycles. The van der Waals surface area contributed by atoms with Crippen molar-refractivity contribution in [2.45, 2.75) is 64.1 Å². The van der Waals surface area contributed by atoms with E-state index in [9.17, 15) is 5.11 Å². The zero-order valence-electron chi connectivity index (χ0n) is 13.1. The smallest absolute Gasteiger partial charge is 0.115 e. The van der Waals surface area contributed by atoms with E-state index in [4.69, 9.17) is 4.74 Å². The highest BCUT2D eigenvalue weighted by Crippen LogP contribution is 2.55. The van der Waals surface area contributed by atoms with Gasteiger partial charge in [-0.1, -0.05) is 25.0 Å². The van der Waals surface area contributed by atoms with E-state index in [0.29, 0.717) is 23.3 Å². The molecule has 3 atom stereocenters. The monoisotopic (exact) mass is 289 g/mol. The van der Waals surface area contributed by atoms with Gasteiger partial charge in [-0.05, 0) is 50.8 Å². The van der Waals surface area contributed by atoms with Gasteiger partial charge in [-0.3, -0.25) is 0 Å². The molecule has 1 aromatic carbocycles. The molecule has 2 aliphatic carbocycles. The van der Waals surface area contributed by atoms with Crippen molar-refractivity contribution >= 4 is 0 Å². The molecular weight excluding hydrogens is 262 g/mol. The lowest BCUT2D eigenvalue weighted by Gasteiger charge is -2.55. The van der Waals surface area contributed by atoms with Crippen molar-refractivity contribution in [1.29, 1.82) is 0 Å². The summed E-state index contributed by atoms with van der Waals surface area (Å²) in [6, 6.07) is 8.40. The number of ether oxygens (including phenoxy) is 1. The van der Waals surface area contributed by atoms with E-state index < -0.39 is 0 Å². The van der Waals surface area contributed by atoms with Crippen molar-refractivity contribution in [2.75, 3.05) is 6.61 Å². The summed E-state index contributed by atoms with van der Waals surface area (Å²) in [7, 11) is 0. The number of phenols is 1. The van der Waals surface area contributed by atoms with Crippen LogP contribution in [0.25, 0.3) is 0 Å². The fourth-order valence-electron chi connectivity index (χ4n) is 4.31. The summed E-state index contributed by atoms with van der Waals surface area (Å²) in [6.07, 6.45) is 6.82. The van der Waals surface area contributed by atoms with Crippen molar-refractivity contribution in [2.24, 2.45) is 5.41 Å². The van der Waals surface area contributed by atoms with Gasteiger partial charge in [0.2, 0.25) is 0 Å². The zero-order valence-corrected chi connectivity index (χ0v) is 13.1. The first-order valence-corrected chi connectivity index (χ1v) is 8.32. The van der Waals surface area contributed by atoms with Gasteiger partial charge in [0.25, 0.3) is 0 Å². The van der Waals surface area contributed by atoms with E-state index in [1.165, 1.54) is 25.7 Å². The molecule has 0 aliphatic heterocycles. The summed E-state index contributed by atoms with van der Waals surface area (Å²) in [5.41, 5.74) is 1.52. The molecule has 1 spiro atoms. The SMILES string of the molecule is CCOC1CC(NC(C)c2cccc(O)c2)C12CCCC2. The minimum atomic E-state index is 0.266. The van der Waals surface area contributed by atoms with E-state index in [-0.39, 0.29) is 6.04 Å². The Morgan fingerprint density at radius 1 is 1.38 bits per heavy atom. The van der Waals surface area contributed by atoms with Gasteiger partial charge >= 0.3 is 0 Å². The Morgan fingerprint density at radius 2 is 2.14 bits per heavy atom. The summed E-state index contributed by atoms with van der Waals surface area (Å²) >= 11 is 0. The van der Waals surface area contributed by atoms with Crippen LogP contribution < -0.4 is 5.32 Å². The van der Waals surface area contributed by atoms with Crippen molar-refractivity contribution in [3.63, 3.8) is 0 Å². The number of benzene rings is 1. The van der Waals surface area contributed by atoms with Crippen molar-refractivity contribution < 1.29 is 9.84 Å². The fourth-order valence-corrected chi connectivity index (χ4v) is 4.31. The van der Waals surface area contributed by atoms with Gasteiger partial charge in [0, 0.05) is 24.1 Å². The number of hydrogen-bond donors (Lipinski definition) is 2. The first-order chi connectivity index (χ1) is 10.2. The van der Waals surface area contributed by atoms with Crippen LogP contribution in [0.1, 0.15) is 57.6 Å². The van der Waals surface area contributed by atoms with Crippen molar-refractivity contribution in [1.82, 2.24) is 5.32 Å². The van der Waals surface area contributed by atoms with E-state index in [1.807, 2.05) is 12.1 Å². The molecule has 116 valence electrons. The summed E-state index contributed by atoms with van der Waals surface area (Å²) in [4.78, 5) is 0. The Hall–Kier alpha value is -1.06. The Morgan fingerprint density at radius 3 is 2.81 bits per heavy atom. The Bertz CT molecular complexity index is 482. The summed E-state index contributed by atoms with van der Waals surface area (Å²) in [6.45, 7) is 5.10. The molecule has 3 heteroatoms. The maximum Gasteiger partial charge on any atom is 0.115 e. The lowest BCUT2D eigenvalue weighted by Crippen LogP contribution is -2.63. The molecule has 1 aromatic rings. The van der Waals surface area contributed by atoms with E-state index in [1.54, 1.807) is 6.07 Å². The van der Waals surface area contributed by atoms with E-state index in [2.05, 4.69) is 25.2 Å². The van der Waals surface area contributed by atoms with Crippen LogP contribution in [0.4, 0.5) is 0 Å². The molecule has 0 amide bonds. The third-order valence-electron chi connectivity index (χ3n) is 5.51. The largest absolute Gasteiger partial charge is 0.508 e. The van der Waals surface area contributed by atoms with Crippen LogP contribution in [0.3, 0.4) is 0 Å². The molecule has 0 aromatic heterocycles. The Kier molecular flexibility index (Phi) is 4.23. The topological polar surface area (TPSA) is 41.5 Å². The Balaban J connectivity index is 1.67. The first kappa shape index (κ1) is 14.9. The van der Waals surface area contributed by atoms with Crippen LogP contribution in [-0.2, 0) is 4.74 Å². The molecule has 0 heterocycles. The molecule has 3 rings (SSSR count). The lowest BCUT2D eigenvalue weighted by atomic mass is 9.60. The first-order valence-electron chi connectivity index (χ1n) is 8.32. The van der Waals surface area contributed by atoms with E-state index in [0.717, 1.165) is 18.6 Å². The van der Waals surface area contributed by atoms with Crippen molar-refractivity contribution in [3.8, 4) is 5.75 Å². The predicted octanol–water partition coefficient (Wildman–Crippen LogP) is 3.78. The van der Waals surface area contributed by atoms with Gasteiger partial charge in [0.1, 0.15) is 5.75 Å². The highest BCUT2D eigenvalue weighted by Gasteiger charge is 2.56. The molecule has 0 radical (unpaired) electrons. The molecule has 2 aliphatic rings. The second kappa shape index (κ2) is 5.98. The molecule has 0 bridgehead atoms.